The molecule has 0 unspecified atom stereocenters. The van der Waals surface area contributed by atoms with Crippen molar-refractivity contribution in [1.29, 1.82) is 0 Å². The van der Waals surface area contributed by atoms with Crippen LogP contribution in [0.2, 0.25) is 0 Å². The molecule has 9 heteroatoms. The normalized spacial score (nSPS) is 11.3. The maximum Gasteiger partial charge on any atom is 0.271 e. The van der Waals surface area contributed by atoms with Gasteiger partial charge in [0.05, 0.1) is 24.3 Å². The zero-order valence-electron chi connectivity index (χ0n) is 21.1. The number of anilines is 1. The maximum absolute atomic E-state index is 12.6. The molecule has 0 saturated heterocycles. The van der Waals surface area contributed by atoms with E-state index in [1.807, 2.05) is 31.2 Å². The molecular weight excluding hydrogens is 490 g/mol. The molecule has 1 amide bonds. The Morgan fingerprint density at radius 1 is 0.838 bits per heavy atom. The highest BCUT2D eigenvalue weighted by Gasteiger charge is 2.14. The van der Waals surface area contributed by atoms with Gasteiger partial charge in [-0.1, -0.05) is 26.2 Å². The summed E-state index contributed by atoms with van der Waals surface area (Å²) in [6.07, 6.45) is 6.17. The molecule has 0 aliphatic heterocycles. The number of unbranched alkanes of at least 4 members (excludes halogenated alkanes) is 3. The number of ether oxygens (including phenoxy) is 2. The van der Waals surface area contributed by atoms with Crippen LogP contribution in [0.25, 0.3) is 0 Å². The Morgan fingerprint density at radius 2 is 1.49 bits per heavy atom. The summed E-state index contributed by atoms with van der Waals surface area (Å²) in [4.78, 5) is 12.5. The van der Waals surface area contributed by atoms with E-state index in [1.54, 1.807) is 18.3 Å². The van der Waals surface area contributed by atoms with Gasteiger partial charge in [0.1, 0.15) is 11.5 Å². The van der Waals surface area contributed by atoms with Crippen LogP contribution in [0, 0.1) is 0 Å². The van der Waals surface area contributed by atoms with Gasteiger partial charge in [0.2, 0.25) is 0 Å². The molecule has 196 valence electrons. The van der Waals surface area contributed by atoms with Crippen LogP contribution in [0.15, 0.2) is 82.8 Å². The second kappa shape index (κ2) is 14.0. The number of nitrogens with one attached hydrogen (secondary N) is 2. The summed E-state index contributed by atoms with van der Waals surface area (Å²) in [6.45, 7) is 5.23. The Hall–Kier alpha value is -3.85. The molecule has 0 radical (unpaired) electrons. The third kappa shape index (κ3) is 8.95. The van der Waals surface area contributed by atoms with Gasteiger partial charge in [-0.15, -0.1) is 0 Å². The van der Waals surface area contributed by atoms with Crippen molar-refractivity contribution in [2.45, 2.75) is 44.4 Å². The van der Waals surface area contributed by atoms with Crippen molar-refractivity contribution >= 4 is 27.8 Å². The van der Waals surface area contributed by atoms with Gasteiger partial charge < -0.3 is 9.47 Å². The molecule has 0 heterocycles. The fraction of sp³-hybridized carbons (Fsp3) is 0.286. The summed E-state index contributed by atoms with van der Waals surface area (Å²) in [5, 5.41) is 4.00. The topological polar surface area (TPSA) is 106 Å². The second-order valence-electron chi connectivity index (χ2n) is 8.26. The van der Waals surface area contributed by atoms with Crippen LogP contribution < -0.4 is 19.6 Å². The molecule has 0 aromatic heterocycles. The Kier molecular flexibility index (Phi) is 10.5. The van der Waals surface area contributed by atoms with E-state index in [4.69, 9.17) is 9.47 Å². The molecule has 0 fully saturated rings. The van der Waals surface area contributed by atoms with E-state index in [1.165, 1.54) is 55.7 Å². The first-order valence-corrected chi connectivity index (χ1v) is 13.8. The summed E-state index contributed by atoms with van der Waals surface area (Å²) in [7, 11) is -3.77. The Balaban J connectivity index is 1.49. The van der Waals surface area contributed by atoms with Crippen molar-refractivity contribution in [3.05, 3.63) is 83.9 Å². The zero-order chi connectivity index (χ0) is 26.5. The number of benzene rings is 3. The summed E-state index contributed by atoms with van der Waals surface area (Å²) in [5.41, 5.74) is 3.97. The highest BCUT2D eigenvalue weighted by molar-refractivity contribution is 7.92. The number of amides is 1. The maximum atomic E-state index is 12.6. The van der Waals surface area contributed by atoms with E-state index >= 15 is 0 Å². The summed E-state index contributed by atoms with van der Waals surface area (Å²) >= 11 is 0. The van der Waals surface area contributed by atoms with Gasteiger partial charge in [0, 0.05) is 11.3 Å². The first-order valence-electron chi connectivity index (χ1n) is 12.3. The minimum atomic E-state index is -3.77. The van der Waals surface area contributed by atoms with Crippen LogP contribution >= 0.6 is 0 Å². The standard InChI is InChI=1S/C28H33N3O5S/c1-3-5-6-7-20-36-26-14-8-22(9-15-26)21-29-30-28(32)23-10-12-24(13-11-23)31-37(33,34)27-18-16-25(17-19-27)35-4-2/h8-19,21,31H,3-7,20H2,1-2H3,(H,30,32)/b29-21-. The lowest BCUT2D eigenvalue weighted by atomic mass is 10.2. The van der Waals surface area contributed by atoms with Gasteiger partial charge in [0.25, 0.3) is 15.9 Å². The number of hydrogen-bond acceptors (Lipinski definition) is 6. The fourth-order valence-electron chi connectivity index (χ4n) is 3.38. The molecule has 37 heavy (non-hydrogen) atoms. The predicted octanol–water partition coefficient (Wildman–Crippen LogP) is 5.61. The minimum Gasteiger partial charge on any atom is -0.494 e. The van der Waals surface area contributed by atoms with E-state index in [9.17, 15) is 13.2 Å². The predicted molar refractivity (Wildman–Crippen MR) is 146 cm³/mol. The smallest absolute Gasteiger partial charge is 0.271 e. The number of carbonyl (C=O) groups excluding carboxylic acids is 1. The third-order valence-corrected chi connectivity index (χ3v) is 6.77. The lowest BCUT2D eigenvalue weighted by Gasteiger charge is -2.09. The van der Waals surface area contributed by atoms with E-state index in [0.717, 1.165) is 17.7 Å². The van der Waals surface area contributed by atoms with Crippen molar-refractivity contribution < 1.29 is 22.7 Å². The molecule has 3 aromatic rings. The zero-order valence-corrected chi connectivity index (χ0v) is 22.0. The lowest BCUT2D eigenvalue weighted by molar-refractivity contribution is 0.0955. The molecule has 0 saturated carbocycles. The van der Waals surface area contributed by atoms with E-state index < -0.39 is 15.9 Å². The van der Waals surface area contributed by atoms with E-state index in [0.29, 0.717) is 30.2 Å². The summed E-state index contributed by atoms with van der Waals surface area (Å²) in [6, 6.07) is 19.7. The summed E-state index contributed by atoms with van der Waals surface area (Å²) < 4.78 is 38.8. The van der Waals surface area contributed by atoms with Crippen molar-refractivity contribution in [1.82, 2.24) is 5.43 Å². The molecule has 3 aromatic carbocycles. The van der Waals surface area contributed by atoms with Gasteiger partial charge in [-0.3, -0.25) is 9.52 Å². The average molecular weight is 524 g/mol. The largest absolute Gasteiger partial charge is 0.494 e. The monoisotopic (exact) mass is 523 g/mol. The van der Waals surface area contributed by atoms with Crippen molar-refractivity contribution in [3.63, 3.8) is 0 Å². The van der Waals surface area contributed by atoms with Crippen LogP contribution in [-0.2, 0) is 10.0 Å². The van der Waals surface area contributed by atoms with Gasteiger partial charge in [-0.25, -0.2) is 13.8 Å². The van der Waals surface area contributed by atoms with Crippen molar-refractivity contribution in [2.24, 2.45) is 5.10 Å². The number of nitrogens with zero attached hydrogens (tertiary/aromatic N) is 1. The summed E-state index contributed by atoms with van der Waals surface area (Å²) in [5.74, 6) is 0.985. The number of carbonyl (C=O) groups is 1. The molecule has 0 aliphatic carbocycles. The molecule has 0 aliphatic rings. The molecule has 0 atom stereocenters. The first kappa shape index (κ1) is 27.7. The van der Waals surface area contributed by atoms with E-state index in [-0.39, 0.29) is 4.90 Å². The molecule has 3 rings (SSSR count). The molecule has 2 N–H and O–H groups in total. The van der Waals surface area contributed by atoms with Gasteiger partial charge in [-0.05, 0) is 91.7 Å². The van der Waals surface area contributed by atoms with Crippen LogP contribution in [0.3, 0.4) is 0 Å². The highest BCUT2D eigenvalue weighted by Crippen LogP contribution is 2.20. The average Bonchev–Trinajstić information content (AvgIpc) is 2.90. The second-order valence-corrected chi connectivity index (χ2v) is 9.95. The van der Waals surface area contributed by atoms with Crippen molar-refractivity contribution in [2.75, 3.05) is 17.9 Å². The lowest BCUT2D eigenvalue weighted by Crippen LogP contribution is -2.18. The van der Waals surface area contributed by atoms with E-state index in [2.05, 4.69) is 22.2 Å². The number of hydrogen-bond donors (Lipinski definition) is 2. The quantitative estimate of drug-likeness (QED) is 0.162. The Bertz CT molecular complexity index is 1260. The Labute approximate surface area is 218 Å². The Morgan fingerprint density at radius 3 is 2.14 bits per heavy atom. The number of rotatable bonds is 14. The first-order chi connectivity index (χ1) is 17.9. The fourth-order valence-corrected chi connectivity index (χ4v) is 4.44. The van der Waals surface area contributed by atoms with Crippen LogP contribution in [-0.4, -0.2) is 33.8 Å². The van der Waals surface area contributed by atoms with Gasteiger partial charge in [-0.2, -0.15) is 5.10 Å². The minimum absolute atomic E-state index is 0.110. The molecule has 0 spiro atoms. The van der Waals surface area contributed by atoms with Crippen molar-refractivity contribution in [3.8, 4) is 11.5 Å². The molecular formula is C28H33N3O5S. The number of hydrazone groups is 1. The molecule has 0 bridgehead atoms. The molecule has 8 nitrogen and oxygen atoms in total. The third-order valence-electron chi connectivity index (χ3n) is 5.37. The highest BCUT2D eigenvalue weighted by atomic mass is 32.2. The van der Waals surface area contributed by atoms with Gasteiger partial charge >= 0.3 is 0 Å². The van der Waals surface area contributed by atoms with Gasteiger partial charge in [0.15, 0.2) is 0 Å². The number of sulfonamides is 1. The van der Waals surface area contributed by atoms with Crippen LogP contribution in [0.4, 0.5) is 5.69 Å². The SMILES string of the molecule is CCCCCCOc1ccc(/C=N\NC(=O)c2ccc(NS(=O)(=O)c3ccc(OCC)cc3)cc2)cc1. The van der Waals surface area contributed by atoms with Crippen LogP contribution in [0.5, 0.6) is 11.5 Å². The van der Waals surface area contributed by atoms with Crippen LogP contribution in [0.1, 0.15) is 55.5 Å².